The van der Waals surface area contributed by atoms with Crippen LogP contribution in [0, 0.1) is 11.3 Å². The second kappa shape index (κ2) is 6.63. The molecule has 2 aromatic rings. The number of ether oxygens (including phenoxy) is 2. The average Bonchev–Trinajstić information content (AvgIpc) is 3.18. The summed E-state index contributed by atoms with van der Waals surface area (Å²) in [7, 11) is -3.76. The number of hydrogen-bond acceptors (Lipinski definition) is 5. The number of benzene rings is 2. The molecule has 1 saturated heterocycles. The first-order chi connectivity index (χ1) is 12.6. The predicted molar refractivity (Wildman–Crippen MR) is 94.5 cm³/mol. The van der Waals surface area contributed by atoms with Crippen molar-refractivity contribution in [2.24, 2.45) is 0 Å². The minimum absolute atomic E-state index is 0.0620. The Bertz CT molecular complexity index is 981. The van der Waals surface area contributed by atoms with Crippen molar-refractivity contribution in [3.63, 3.8) is 0 Å². The minimum Gasteiger partial charge on any atom is -0.486 e. The van der Waals surface area contributed by atoms with E-state index >= 15 is 0 Å². The molecule has 1 atom stereocenters. The maximum atomic E-state index is 13.2. The lowest BCUT2D eigenvalue weighted by Gasteiger charge is -2.26. The fourth-order valence-corrected chi connectivity index (χ4v) is 5.36. The van der Waals surface area contributed by atoms with Crippen LogP contribution < -0.4 is 9.47 Å². The lowest BCUT2D eigenvalue weighted by Crippen LogP contribution is -2.31. The van der Waals surface area contributed by atoms with E-state index in [9.17, 15) is 13.7 Å². The number of sulfonamides is 1. The van der Waals surface area contributed by atoms with Gasteiger partial charge in [-0.15, -0.1) is 0 Å². The van der Waals surface area contributed by atoms with Crippen LogP contribution in [-0.4, -0.2) is 32.5 Å². The van der Waals surface area contributed by atoms with Crippen LogP contribution >= 0.6 is 0 Å². The summed E-state index contributed by atoms with van der Waals surface area (Å²) in [6.07, 6.45) is 1.50. The largest absolute Gasteiger partial charge is 0.486 e. The van der Waals surface area contributed by atoms with E-state index in [2.05, 4.69) is 0 Å². The van der Waals surface area contributed by atoms with Gasteiger partial charge in [-0.2, -0.15) is 9.57 Å². The Kier molecular flexibility index (Phi) is 4.31. The third-order valence-corrected chi connectivity index (χ3v) is 6.72. The van der Waals surface area contributed by atoms with E-state index < -0.39 is 10.0 Å². The first-order valence-corrected chi connectivity index (χ1v) is 9.96. The zero-order valence-corrected chi connectivity index (χ0v) is 14.9. The highest BCUT2D eigenvalue weighted by Gasteiger charge is 2.37. The summed E-state index contributed by atoms with van der Waals surface area (Å²) in [5.74, 6) is 1.33. The van der Waals surface area contributed by atoms with E-state index in [1.165, 1.54) is 16.4 Å². The SMILES string of the molecule is N#Cc1ccccc1S(=O)(=O)N1CCCC1c1ccc2c(c1)OCCO2. The van der Waals surface area contributed by atoms with Crippen molar-refractivity contribution in [3.8, 4) is 17.6 Å². The molecule has 0 aromatic heterocycles. The standard InChI is InChI=1S/C19H18N2O4S/c20-13-15-4-1-2-6-19(15)26(22,23)21-9-3-5-16(21)14-7-8-17-18(12-14)25-11-10-24-17/h1-2,4,6-8,12,16H,3,5,9-11H2. The highest BCUT2D eigenvalue weighted by molar-refractivity contribution is 7.89. The van der Waals surface area contributed by atoms with Crippen LogP contribution in [0.1, 0.15) is 30.0 Å². The third kappa shape index (κ3) is 2.81. The number of fused-ring (bicyclic) bond motifs is 1. The monoisotopic (exact) mass is 370 g/mol. The molecule has 0 bridgehead atoms. The van der Waals surface area contributed by atoms with E-state index in [1.54, 1.807) is 12.1 Å². The Morgan fingerprint density at radius 3 is 2.65 bits per heavy atom. The molecule has 7 heteroatoms. The second-order valence-corrected chi connectivity index (χ2v) is 8.14. The molecule has 2 aromatic carbocycles. The zero-order valence-electron chi connectivity index (χ0n) is 14.1. The summed E-state index contributed by atoms with van der Waals surface area (Å²) in [6, 6.07) is 13.6. The highest BCUT2D eigenvalue weighted by atomic mass is 32.2. The van der Waals surface area contributed by atoms with Crippen LogP contribution in [-0.2, 0) is 10.0 Å². The molecule has 1 unspecified atom stereocenters. The molecular formula is C19H18N2O4S. The molecular weight excluding hydrogens is 352 g/mol. The summed E-state index contributed by atoms with van der Waals surface area (Å²) < 4.78 is 39.1. The molecule has 4 rings (SSSR count). The van der Waals surface area contributed by atoms with Gasteiger partial charge in [0.2, 0.25) is 10.0 Å². The number of nitrogens with zero attached hydrogens (tertiary/aromatic N) is 2. The van der Waals surface area contributed by atoms with Gasteiger partial charge in [0.15, 0.2) is 11.5 Å². The van der Waals surface area contributed by atoms with E-state index in [0.29, 0.717) is 31.3 Å². The second-order valence-electron chi connectivity index (χ2n) is 6.28. The molecule has 2 aliphatic rings. The third-order valence-electron chi connectivity index (χ3n) is 4.75. The molecule has 0 radical (unpaired) electrons. The summed E-state index contributed by atoms with van der Waals surface area (Å²) in [6.45, 7) is 1.43. The zero-order chi connectivity index (χ0) is 18.1. The van der Waals surface area contributed by atoms with Gasteiger partial charge in [-0.1, -0.05) is 18.2 Å². The minimum atomic E-state index is -3.76. The van der Waals surface area contributed by atoms with Gasteiger partial charge in [-0.05, 0) is 42.7 Å². The van der Waals surface area contributed by atoms with Crippen LogP contribution in [0.15, 0.2) is 47.4 Å². The van der Waals surface area contributed by atoms with E-state index in [4.69, 9.17) is 9.47 Å². The quantitative estimate of drug-likeness (QED) is 0.830. The van der Waals surface area contributed by atoms with Crippen LogP contribution in [0.4, 0.5) is 0 Å². The predicted octanol–water partition coefficient (Wildman–Crippen LogP) is 2.86. The first kappa shape index (κ1) is 16.9. The van der Waals surface area contributed by atoms with E-state index in [1.807, 2.05) is 24.3 Å². The Morgan fingerprint density at radius 2 is 1.85 bits per heavy atom. The van der Waals surface area contributed by atoms with Crippen LogP contribution in [0.3, 0.4) is 0 Å². The maximum absolute atomic E-state index is 13.2. The summed E-state index contributed by atoms with van der Waals surface area (Å²) in [5, 5.41) is 9.28. The van der Waals surface area contributed by atoms with Gasteiger partial charge in [-0.3, -0.25) is 0 Å². The van der Waals surface area contributed by atoms with Crippen molar-refractivity contribution in [1.29, 1.82) is 5.26 Å². The molecule has 134 valence electrons. The van der Waals surface area contributed by atoms with Gasteiger partial charge < -0.3 is 9.47 Å². The van der Waals surface area contributed by atoms with Crippen LogP contribution in [0.25, 0.3) is 0 Å². The van der Waals surface area contributed by atoms with Gasteiger partial charge >= 0.3 is 0 Å². The van der Waals surface area contributed by atoms with Crippen molar-refractivity contribution in [2.75, 3.05) is 19.8 Å². The van der Waals surface area contributed by atoms with Crippen molar-refractivity contribution >= 4 is 10.0 Å². The van der Waals surface area contributed by atoms with Gasteiger partial charge in [-0.25, -0.2) is 8.42 Å². The van der Waals surface area contributed by atoms with Gasteiger partial charge in [0.1, 0.15) is 19.3 Å². The smallest absolute Gasteiger partial charge is 0.244 e. The van der Waals surface area contributed by atoms with Crippen LogP contribution in [0.5, 0.6) is 11.5 Å². The molecule has 2 heterocycles. The summed E-state index contributed by atoms with van der Waals surface area (Å²) in [4.78, 5) is 0.0620. The van der Waals surface area contributed by atoms with Gasteiger partial charge in [0, 0.05) is 6.54 Å². The number of rotatable bonds is 3. The topological polar surface area (TPSA) is 79.6 Å². The molecule has 0 aliphatic carbocycles. The Balaban J connectivity index is 1.72. The molecule has 6 nitrogen and oxygen atoms in total. The molecule has 0 saturated carbocycles. The van der Waals surface area contributed by atoms with Crippen molar-refractivity contribution in [1.82, 2.24) is 4.31 Å². The summed E-state index contributed by atoms with van der Waals surface area (Å²) >= 11 is 0. The van der Waals surface area contributed by atoms with E-state index in [-0.39, 0.29) is 16.5 Å². The van der Waals surface area contributed by atoms with Crippen molar-refractivity contribution in [2.45, 2.75) is 23.8 Å². The fourth-order valence-electron chi connectivity index (χ4n) is 3.54. The van der Waals surface area contributed by atoms with Crippen molar-refractivity contribution in [3.05, 3.63) is 53.6 Å². The molecule has 0 spiro atoms. The van der Waals surface area contributed by atoms with Crippen molar-refractivity contribution < 1.29 is 17.9 Å². The number of nitriles is 1. The van der Waals surface area contributed by atoms with E-state index in [0.717, 1.165) is 18.4 Å². The lowest BCUT2D eigenvalue weighted by molar-refractivity contribution is 0.171. The number of hydrogen-bond donors (Lipinski definition) is 0. The molecule has 26 heavy (non-hydrogen) atoms. The van der Waals surface area contributed by atoms with Gasteiger partial charge in [0.05, 0.1) is 16.5 Å². The maximum Gasteiger partial charge on any atom is 0.244 e. The molecule has 0 amide bonds. The first-order valence-electron chi connectivity index (χ1n) is 8.52. The average molecular weight is 370 g/mol. The normalized spacial score (nSPS) is 19.9. The highest BCUT2D eigenvalue weighted by Crippen LogP contribution is 2.40. The molecule has 0 N–H and O–H groups in total. The molecule has 2 aliphatic heterocycles. The Labute approximate surface area is 152 Å². The fraction of sp³-hybridized carbons (Fsp3) is 0.316. The Hall–Kier alpha value is -2.56. The summed E-state index contributed by atoms with van der Waals surface area (Å²) in [5.41, 5.74) is 1.05. The molecule has 1 fully saturated rings. The van der Waals surface area contributed by atoms with Crippen LogP contribution in [0.2, 0.25) is 0 Å². The Morgan fingerprint density at radius 1 is 1.08 bits per heavy atom. The van der Waals surface area contributed by atoms with Gasteiger partial charge in [0.25, 0.3) is 0 Å². The lowest BCUT2D eigenvalue weighted by atomic mass is 10.0.